The summed E-state index contributed by atoms with van der Waals surface area (Å²) in [5.41, 5.74) is 0. The SMILES string of the molecule is C[C]12[CH]3[CH]4[CH]5[CH]1[Ru]45321678[CH]2[CH]1[CH]6[C]7(C)[CH]28. The van der Waals surface area contributed by atoms with Gasteiger partial charge in [0.05, 0.1) is 0 Å². The fourth-order valence-electron chi connectivity index (χ4n) is 18.8. The van der Waals surface area contributed by atoms with Gasteiger partial charge in [-0.3, -0.25) is 0 Å². The van der Waals surface area contributed by atoms with Crippen molar-refractivity contribution in [1.29, 1.82) is 0 Å². The minimum atomic E-state index is -2.89. The molecule has 10 rings (SSSR count). The van der Waals surface area contributed by atoms with Crippen molar-refractivity contribution in [2.24, 2.45) is 0 Å². The van der Waals surface area contributed by atoms with Crippen LogP contribution in [0, 0.1) is 0 Å². The number of rotatable bonds is 0. The van der Waals surface area contributed by atoms with Crippen molar-refractivity contribution in [3.63, 3.8) is 0 Å². The second kappa shape index (κ2) is 0.256. The maximum absolute atomic E-state index is 2.89. The first-order valence-corrected chi connectivity index (χ1v) is 15.9. The van der Waals surface area contributed by atoms with Gasteiger partial charge in [-0.25, -0.2) is 0 Å². The molecule has 70 valence electrons. The van der Waals surface area contributed by atoms with E-state index in [1.807, 2.05) is 0 Å². The van der Waals surface area contributed by atoms with Crippen molar-refractivity contribution in [1.82, 2.24) is 0 Å². The third-order valence-electron chi connectivity index (χ3n) is 16.3. The van der Waals surface area contributed by atoms with Crippen LogP contribution in [0.3, 0.4) is 0 Å². The average Bonchev–Trinajstić information content (AvgIpc) is 3.01. The van der Waals surface area contributed by atoms with Gasteiger partial charge in [0.1, 0.15) is 0 Å². The van der Waals surface area contributed by atoms with Crippen molar-refractivity contribution >= 4 is 0 Å². The van der Waals surface area contributed by atoms with E-state index in [1.165, 1.54) is 26.1 Å². The third kappa shape index (κ3) is 0.0277. The standard InChI is InChI=1S/2C6H7.Ru/c2*1-6-4-2-3-5-6;/h2*2-5H,1H3;. The van der Waals surface area contributed by atoms with Crippen molar-refractivity contribution in [3.8, 4) is 0 Å². The molecule has 10 aliphatic heterocycles. The number of hydrogen-bond donors (Lipinski definition) is 0. The molecule has 0 nitrogen and oxygen atoms in total. The second-order valence-corrected chi connectivity index (χ2v) is 47.9. The number of fused-ring (bicyclic) bond motifs is 10. The molecule has 10 fully saturated rings. The van der Waals surface area contributed by atoms with E-state index in [1.54, 1.807) is 18.0 Å². The summed E-state index contributed by atoms with van der Waals surface area (Å²) in [6, 6.07) is 0. The van der Waals surface area contributed by atoms with Crippen LogP contribution in [-0.2, 0) is 7.72 Å². The fourth-order valence-corrected chi connectivity index (χ4v) is 158. The Morgan fingerprint density at radius 1 is 0.692 bits per heavy atom. The molecule has 1 heteroatoms. The topological polar surface area (TPSA) is 0 Å². The predicted molar refractivity (Wildman–Crippen MR) is 46.7 cm³/mol. The van der Waals surface area contributed by atoms with Crippen molar-refractivity contribution in [2.75, 3.05) is 0 Å². The van der Waals surface area contributed by atoms with Gasteiger partial charge in [0.2, 0.25) is 0 Å². The van der Waals surface area contributed by atoms with Crippen LogP contribution < -0.4 is 0 Å². The molecular weight excluding hydrogens is 245 g/mol. The van der Waals surface area contributed by atoms with E-state index in [4.69, 9.17) is 0 Å². The summed E-state index contributed by atoms with van der Waals surface area (Å²) in [5.74, 6) is 0. The summed E-state index contributed by atoms with van der Waals surface area (Å²) in [7, 11) is -2.89. The van der Waals surface area contributed by atoms with E-state index >= 15 is 0 Å². The molecule has 8 atom stereocenters. The van der Waals surface area contributed by atoms with Crippen LogP contribution in [0.2, 0.25) is 44.1 Å². The van der Waals surface area contributed by atoms with E-state index in [-0.39, 0.29) is 0 Å². The summed E-state index contributed by atoms with van der Waals surface area (Å²) in [4.78, 5) is 0. The molecule has 8 unspecified atom stereocenters. The van der Waals surface area contributed by atoms with E-state index in [0.717, 1.165) is 0 Å². The van der Waals surface area contributed by atoms with Crippen LogP contribution in [0.15, 0.2) is 0 Å². The molecular formula is C12H14Ru. The molecule has 1 spiro atoms. The molecule has 13 heavy (non-hydrogen) atoms. The summed E-state index contributed by atoms with van der Waals surface area (Å²) < 4.78 is 14.6. The maximum atomic E-state index is 2.83. The first-order valence-electron chi connectivity index (χ1n) is 6.14. The van der Waals surface area contributed by atoms with Gasteiger partial charge < -0.3 is 0 Å². The quantitative estimate of drug-likeness (QED) is 0.573. The van der Waals surface area contributed by atoms with Gasteiger partial charge in [-0.2, -0.15) is 0 Å². The van der Waals surface area contributed by atoms with Crippen LogP contribution in [-0.4, -0.2) is 0 Å². The molecule has 0 aliphatic carbocycles. The molecule has 0 radical (unpaired) electrons. The van der Waals surface area contributed by atoms with Gasteiger partial charge in [-0.05, 0) is 0 Å². The minimum absolute atomic E-state index is 1.17. The Balaban J connectivity index is 2.19. The Kier molecular flexibility index (Phi) is 0.0835. The molecule has 10 saturated heterocycles. The molecule has 0 saturated carbocycles. The Labute approximate surface area is 65.8 Å². The van der Waals surface area contributed by atoms with Gasteiger partial charge in [0, 0.05) is 0 Å². The molecule has 10 aliphatic rings. The summed E-state index contributed by atoms with van der Waals surface area (Å²) in [5, 5.41) is 0. The summed E-state index contributed by atoms with van der Waals surface area (Å²) >= 11 is 0. The van der Waals surface area contributed by atoms with E-state index in [2.05, 4.69) is 13.8 Å². The number of hydrogen-bond acceptors (Lipinski definition) is 0. The Morgan fingerprint density at radius 2 is 1.00 bits per heavy atom. The van der Waals surface area contributed by atoms with Gasteiger partial charge in [0.25, 0.3) is 0 Å². The van der Waals surface area contributed by atoms with Gasteiger partial charge in [-0.1, -0.05) is 0 Å². The zero-order chi connectivity index (χ0) is 7.94. The zero-order valence-corrected chi connectivity index (χ0v) is 9.71. The molecule has 0 aromatic carbocycles. The second-order valence-electron chi connectivity index (χ2n) is 10.5. The summed E-state index contributed by atoms with van der Waals surface area (Å²) in [6.07, 6.45) is 0. The van der Waals surface area contributed by atoms with Crippen LogP contribution in [0.1, 0.15) is 13.8 Å². The molecule has 0 aromatic rings. The van der Waals surface area contributed by atoms with Gasteiger partial charge >= 0.3 is 65.7 Å². The van der Waals surface area contributed by atoms with Gasteiger partial charge in [0.15, 0.2) is 0 Å². The molecule has 10 heterocycles. The fraction of sp³-hybridized carbons (Fsp3) is 1.00. The normalized spacial score (nSPS) is 158. The molecule has 0 amide bonds. The van der Waals surface area contributed by atoms with Crippen molar-refractivity contribution in [3.05, 3.63) is 0 Å². The average molecular weight is 259 g/mol. The predicted octanol–water partition coefficient (Wildman–Crippen LogP) is 4.16. The summed E-state index contributed by atoms with van der Waals surface area (Å²) in [6.45, 7) is 5.66. The first kappa shape index (κ1) is 4.24. The van der Waals surface area contributed by atoms with Crippen LogP contribution in [0.25, 0.3) is 0 Å². The van der Waals surface area contributed by atoms with E-state index in [0.29, 0.717) is 0 Å². The molecule has 0 N–H and O–H groups in total. The van der Waals surface area contributed by atoms with Crippen molar-refractivity contribution in [2.45, 2.75) is 58.0 Å². The molecule has 0 bridgehead atoms. The third-order valence-corrected chi connectivity index (χ3v) is 88.1. The monoisotopic (exact) mass is 260 g/mol. The Hall–Kier alpha value is 0.623. The van der Waals surface area contributed by atoms with Crippen LogP contribution in [0.4, 0.5) is 0 Å². The van der Waals surface area contributed by atoms with Crippen molar-refractivity contribution < 1.29 is 7.72 Å². The van der Waals surface area contributed by atoms with E-state index < -0.39 is 7.72 Å². The zero-order valence-electron chi connectivity index (χ0n) is 7.97. The van der Waals surface area contributed by atoms with E-state index in [9.17, 15) is 0 Å². The molecule has 0 aromatic heterocycles. The van der Waals surface area contributed by atoms with Crippen LogP contribution >= 0.6 is 0 Å². The van der Waals surface area contributed by atoms with Gasteiger partial charge in [-0.15, -0.1) is 0 Å². The first-order chi connectivity index (χ1) is 5.93. The Morgan fingerprint density at radius 3 is 1.00 bits per heavy atom. The van der Waals surface area contributed by atoms with Crippen LogP contribution in [0.5, 0.6) is 0 Å². The Bertz CT molecular complexity index is 821.